The van der Waals surface area contributed by atoms with Gasteiger partial charge in [-0.1, -0.05) is 12.1 Å². The van der Waals surface area contributed by atoms with Crippen LogP contribution in [0.1, 0.15) is 29.7 Å². The van der Waals surface area contributed by atoms with Crippen molar-refractivity contribution in [2.24, 2.45) is 0 Å². The standard InChI is InChI=1S/C12H11FN2O3/c1-7-14-15-12(18-7)10(6-11(16)17)8-2-4-9(13)5-3-8/h2-5,10H,6H2,1H3,(H,16,17). The molecule has 0 saturated heterocycles. The first kappa shape index (κ1) is 12.2. The fraction of sp³-hybridized carbons (Fsp3) is 0.250. The molecule has 18 heavy (non-hydrogen) atoms. The van der Waals surface area contributed by atoms with Crippen LogP contribution >= 0.6 is 0 Å². The molecule has 2 aromatic rings. The van der Waals surface area contributed by atoms with Crippen LogP contribution in [0.5, 0.6) is 0 Å². The SMILES string of the molecule is Cc1nnc(C(CC(=O)O)c2ccc(F)cc2)o1. The van der Waals surface area contributed by atoms with Gasteiger partial charge in [0.05, 0.1) is 12.3 Å². The van der Waals surface area contributed by atoms with Crippen molar-refractivity contribution in [2.75, 3.05) is 0 Å². The molecule has 6 heteroatoms. The van der Waals surface area contributed by atoms with Gasteiger partial charge in [0.25, 0.3) is 0 Å². The van der Waals surface area contributed by atoms with Crippen LogP contribution in [0.4, 0.5) is 4.39 Å². The number of rotatable bonds is 4. The molecule has 0 aliphatic rings. The second kappa shape index (κ2) is 4.95. The van der Waals surface area contributed by atoms with Crippen LogP contribution in [0.25, 0.3) is 0 Å². The van der Waals surface area contributed by atoms with Gasteiger partial charge in [0.2, 0.25) is 11.8 Å². The highest BCUT2D eigenvalue weighted by molar-refractivity contribution is 5.68. The predicted octanol–water partition coefficient (Wildman–Crippen LogP) is 2.12. The van der Waals surface area contributed by atoms with E-state index in [1.54, 1.807) is 6.92 Å². The molecule has 1 aromatic carbocycles. The summed E-state index contributed by atoms with van der Waals surface area (Å²) < 4.78 is 18.1. The molecule has 0 aliphatic heterocycles. The van der Waals surface area contributed by atoms with Crippen molar-refractivity contribution in [1.29, 1.82) is 0 Å². The van der Waals surface area contributed by atoms with Gasteiger partial charge in [-0.15, -0.1) is 10.2 Å². The fourth-order valence-electron chi connectivity index (χ4n) is 1.67. The lowest BCUT2D eigenvalue weighted by molar-refractivity contribution is -0.137. The molecule has 1 heterocycles. The zero-order valence-corrected chi connectivity index (χ0v) is 9.63. The van der Waals surface area contributed by atoms with Gasteiger partial charge < -0.3 is 9.52 Å². The number of benzene rings is 1. The van der Waals surface area contributed by atoms with Gasteiger partial charge in [-0.25, -0.2) is 4.39 Å². The molecule has 0 fully saturated rings. The first-order valence-electron chi connectivity index (χ1n) is 5.33. The Labute approximate surface area is 102 Å². The van der Waals surface area contributed by atoms with Crippen LogP contribution in [0.2, 0.25) is 0 Å². The molecule has 1 N–H and O–H groups in total. The average Bonchev–Trinajstić information content (AvgIpc) is 2.74. The van der Waals surface area contributed by atoms with E-state index in [0.717, 1.165) is 0 Å². The normalized spacial score (nSPS) is 12.3. The Morgan fingerprint density at radius 1 is 1.39 bits per heavy atom. The highest BCUT2D eigenvalue weighted by atomic mass is 19.1. The van der Waals surface area contributed by atoms with Gasteiger partial charge in [-0.2, -0.15) is 0 Å². The Morgan fingerprint density at radius 2 is 2.06 bits per heavy atom. The van der Waals surface area contributed by atoms with Crippen LogP contribution < -0.4 is 0 Å². The van der Waals surface area contributed by atoms with E-state index in [2.05, 4.69) is 10.2 Å². The van der Waals surface area contributed by atoms with Crippen molar-refractivity contribution in [3.8, 4) is 0 Å². The van der Waals surface area contributed by atoms with Crippen molar-refractivity contribution in [1.82, 2.24) is 10.2 Å². The van der Waals surface area contributed by atoms with Crippen LogP contribution in [0.3, 0.4) is 0 Å². The number of carboxylic acids is 1. The number of hydrogen-bond donors (Lipinski definition) is 1. The van der Waals surface area contributed by atoms with Gasteiger partial charge >= 0.3 is 5.97 Å². The van der Waals surface area contributed by atoms with Gasteiger partial charge in [0.1, 0.15) is 5.82 Å². The third kappa shape index (κ3) is 2.71. The van der Waals surface area contributed by atoms with E-state index in [1.807, 2.05) is 0 Å². The van der Waals surface area contributed by atoms with Crippen LogP contribution in [0.15, 0.2) is 28.7 Å². The Balaban J connectivity index is 2.36. The highest BCUT2D eigenvalue weighted by Gasteiger charge is 2.23. The van der Waals surface area contributed by atoms with Crippen molar-refractivity contribution in [3.63, 3.8) is 0 Å². The van der Waals surface area contributed by atoms with Crippen LogP contribution in [-0.2, 0) is 4.79 Å². The zero-order chi connectivity index (χ0) is 13.1. The van der Waals surface area contributed by atoms with E-state index in [1.165, 1.54) is 24.3 Å². The molecule has 1 unspecified atom stereocenters. The maximum absolute atomic E-state index is 12.9. The van der Waals surface area contributed by atoms with E-state index in [4.69, 9.17) is 9.52 Å². The minimum atomic E-state index is -0.986. The molecular weight excluding hydrogens is 239 g/mol. The van der Waals surface area contributed by atoms with E-state index < -0.39 is 11.9 Å². The quantitative estimate of drug-likeness (QED) is 0.899. The number of aryl methyl sites for hydroxylation is 1. The molecular formula is C12H11FN2O3. The largest absolute Gasteiger partial charge is 0.481 e. The Bertz CT molecular complexity index is 551. The van der Waals surface area contributed by atoms with E-state index >= 15 is 0 Å². The fourth-order valence-corrected chi connectivity index (χ4v) is 1.67. The number of aliphatic carboxylic acids is 1. The highest BCUT2D eigenvalue weighted by Crippen LogP contribution is 2.27. The van der Waals surface area contributed by atoms with Crippen molar-refractivity contribution < 1.29 is 18.7 Å². The van der Waals surface area contributed by atoms with E-state index in [9.17, 15) is 9.18 Å². The maximum Gasteiger partial charge on any atom is 0.304 e. The molecule has 0 saturated carbocycles. The third-order valence-corrected chi connectivity index (χ3v) is 2.49. The van der Waals surface area contributed by atoms with Crippen LogP contribution in [0, 0.1) is 12.7 Å². The molecule has 0 aliphatic carbocycles. The lowest BCUT2D eigenvalue weighted by atomic mass is 9.96. The molecule has 1 aromatic heterocycles. The summed E-state index contributed by atoms with van der Waals surface area (Å²) in [4.78, 5) is 10.9. The Morgan fingerprint density at radius 3 is 2.56 bits per heavy atom. The van der Waals surface area contributed by atoms with Crippen molar-refractivity contribution in [3.05, 3.63) is 47.4 Å². The molecule has 1 atom stereocenters. The molecule has 2 rings (SSSR count). The number of aromatic nitrogens is 2. The number of carbonyl (C=O) groups is 1. The van der Waals surface area contributed by atoms with Gasteiger partial charge in [-0.3, -0.25) is 4.79 Å². The lowest BCUT2D eigenvalue weighted by Gasteiger charge is -2.10. The van der Waals surface area contributed by atoms with Gasteiger partial charge in [0.15, 0.2) is 0 Å². The number of halogens is 1. The summed E-state index contributed by atoms with van der Waals surface area (Å²) in [7, 11) is 0. The Hall–Kier alpha value is -2.24. The summed E-state index contributed by atoms with van der Waals surface area (Å²) in [5, 5.41) is 16.4. The first-order valence-corrected chi connectivity index (χ1v) is 5.33. The molecule has 0 radical (unpaired) electrons. The van der Waals surface area contributed by atoms with Crippen molar-refractivity contribution in [2.45, 2.75) is 19.3 Å². The van der Waals surface area contributed by atoms with Gasteiger partial charge in [0, 0.05) is 6.92 Å². The molecule has 0 bridgehead atoms. The monoisotopic (exact) mass is 250 g/mol. The third-order valence-electron chi connectivity index (χ3n) is 2.49. The molecule has 0 amide bonds. The lowest BCUT2D eigenvalue weighted by Crippen LogP contribution is -2.08. The summed E-state index contributed by atoms with van der Waals surface area (Å²) in [6.45, 7) is 1.62. The summed E-state index contributed by atoms with van der Waals surface area (Å²) in [5.41, 5.74) is 0.627. The summed E-state index contributed by atoms with van der Waals surface area (Å²) in [6, 6.07) is 5.58. The topological polar surface area (TPSA) is 76.2 Å². The van der Waals surface area contributed by atoms with E-state index in [-0.39, 0.29) is 18.1 Å². The predicted molar refractivity (Wildman–Crippen MR) is 59.5 cm³/mol. The minimum absolute atomic E-state index is 0.187. The maximum atomic E-state index is 12.9. The number of carboxylic acid groups (broad SMARTS) is 1. The summed E-state index contributed by atoms with van der Waals surface area (Å²) >= 11 is 0. The molecule has 5 nitrogen and oxygen atoms in total. The van der Waals surface area contributed by atoms with Gasteiger partial charge in [-0.05, 0) is 17.7 Å². The summed E-state index contributed by atoms with van der Waals surface area (Å²) in [6.07, 6.45) is -0.187. The van der Waals surface area contributed by atoms with Crippen LogP contribution in [-0.4, -0.2) is 21.3 Å². The average molecular weight is 250 g/mol. The number of nitrogens with zero attached hydrogens (tertiary/aromatic N) is 2. The Kier molecular flexibility index (Phi) is 3.36. The summed E-state index contributed by atoms with van der Waals surface area (Å²) in [5.74, 6) is -1.34. The molecule has 0 spiro atoms. The van der Waals surface area contributed by atoms with Crippen molar-refractivity contribution >= 4 is 5.97 Å². The zero-order valence-electron chi connectivity index (χ0n) is 9.63. The smallest absolute Gasteiger partial charge is 0.304 e. The molecule has 94 valence electrons. The number of hydrogen-bond acceptors (Lipinski definition) is 4. The minimum Gasteiger partial charge on any atom is -0.481 e. The second-order valence-corrected chi connectivity index (χ2v) is 3.86. The second-order valence-electron chi connectivity index (χ2n) is 3.86. The van der Waals surface area contributed by atoms with E-state index in [0.29, 0.717) is 11.5 Å². The first-order chi connectivity index (χ1) is 8.56.